The molecule has 0 spiro atoms. The van der Waals surface area contributed by atoms with E-state index in [4.69, 9.17) is 14.2 Å². The summed E-state index contributed by atoms with van der Waals surface area (Å²) >= 11 is 0. The van der Waals surface area contributed by atoms with Crippen LogP contribution in [-0.4, -0.2) is 25.0 Å². The molecule has 0 aliphatic heterocycles. The second kappa shape index (κ2) is 8.80. The number of carbonyl (C=O) groups is 2. The average molecular weight is 366 g/mol. The van der Waals surface area contributed by atoms with Crippen molar-refractivity contribution in [3.05, 3.63) is 59.7 Å². The maximum atomic E-state index is 13.7. The van der Waals surface area contributed by atoms with Crippen LogP contribution in [0.1, 0.15) is 24.2 Å². The molecule has 1 atom stereocenters. The summed E-state index contributed by atoms with van der Waals surface area (Å²) in [5.74, 6) is -2.81. The normalized spacial score (nSPS) is 11.4. The zero-order valence-electron chi connectivity index (χ0n) is 14.0. The minimum atomic E-state index is -1.21. The van der Waals surface area contributed by atoms with E-state index in [1.165, 1.54) is 19.1 Å². The van der Waals surface area contributed by atoms with Gasteiger partial charge in [-0.25, -0.2) is 18.4 Å². The molecule has 0 saturated carbocycles. The van der Waals surface area contributed by atoms with Crippen molar-refractivity contribution in [1.29, 1.82) is 0 Å². The highest BCUT2D eigenvalue weighted by Gasteiger charge is 2.20. The minimum Gasteiger partial charge on any atom is -0.453 e. The van der Waals surface area contributed by atoms with Gasteiger partial charge >= 0.3 is 12.1 Å². The van der Waals surface area contributed by atoms with E-state index in [1.807, 2.05) is 0 Å². The molecule has 6 nitrogen and oxygen atoms in total. The maximum Gasteiger partial charge on any atom is 0.511 e. The van der Waals surface area contributed by atoms with E-state index in [1.54, 1.807) is 19.1 Å². The molecule has 0 aliphatic rings. The molecule has 2 rings (SSSR count). The average Bonchev–Trinajstić information content (AvgIpc) is 2.57. The molecule has 0 heterocycles. The van der Waals surface area contributed by atoms with Gasteiger partial charge in [0, 0.05) is 13.0 Å². The van der Waals surface area contributed by atoms with Crippen LogP contribution < -0.4 is 4.74 Å². The molecule has 0 saturated heterocycles. The maximum absolute atomic E-state index is 13.7. The highest BCUT2D eigenvalue weighted by Crippen LogP contribution is 2.28. The number of benzene rings is 2. The van der Waals surface area contributed by atoms with Gasteiger partial charge in [-0.05, 0) is 31.2 Å². The number of esters is 1. The molecule has 0 amide bonds. The number of hydrogen-bond donors (Lipinski definition) is 0. The summed E-state index contributed by atoms with van der Waals surface area (Å²) in [5, 5.41) is 0. The number of rotatable bonds is 6. The van der Waals surface area contributed by atoms with E-state index in [9.17, 15) is 18.4 Å². The topological polar surface area (TPSA) is 71.1 Å². The number of hydrogen-bond acceptors (Lipinski definition) is 6. The summed E-state index contributed by atoms with van der Waals surface area (Å²) in [6.45, 7) is 3.04. The molecule has 8 heteroatoms. The van der Waals surface area contributed by atoms with Crippen LogP contribution in [0, 0.1) is 11.6 Å². The van der Waals surface area contributed by atoms with Crippen LogP contribution >= 0.6 is 0 Å². The van der Waals surface area contributed by atoms with Gasteiger partial charge in [0.1, 0.15) is 17.1 Å². The molecule has 0 bridgehead atoms. The van der Waals surface area contributed by atoms with Crippen LogP contribution in [0.2, 0.25) is 0 Å². The number of ether oxygens (including phenoxy) is 4. The van der Waals surface area contributed by atoms with Gasteiger partial charge in [0.25, 0.3) is 0 Å². The second-order valence-corrected chi connectivity index (χ2v) is 4.95. The fourth-order valence-electron chi connectivity index (χ4n) is 1.93. The lowest BCUT2D eigenvalue weighted by molar-refractivity contribution is -0.0812. The van der Waals surface area contributed by atoms with Gasteiger partial charge < -0.3 is 18.9 Å². The Bertz CT molecular complexity index is 793. The third-order valence-corrected chi connectivity index (χ3v) is 3.02. The molecule has 138 valence electrons. The van der Waals surface area contributed by atoms with Crippen LogP contribution in [0.4, 0.5) is 13.6 Å². The van der Waals surface area contributed by atoms with E-state index in [-0.39, 0.29) is 23.7 Å². The lowest BCUT2D eigenvalue weighted by Crippen LogP contribution is -2.22. The Morgan fingerprint density at radius 1 is 1.04 bits per heavy atom. The molecule has 1 unspecified atom stereocenters. The Labute approximate surface area is 148 Å². The van der Waals surface area contributed by atoms with Crippen LogP contribution in [-0.2, 0) is 14.2 Å². The van der Waals surface area contributed by atoms with Crippen molar-refractivity contribution in [2.24, 2.45) is 0 Å². The number of carbonyl (C=O) groups excluding carboxylic acids is 2. The largest absolute Gasteiger partial charge is 0.511 e. The summed E-state index contributed by atoms with van der Waals surface area (Å²) in [5.41, 5.74) is -0.0319. The fraction of sp³-hybridized carbons (Fsp3) is 0.222. The van der Waals surface area contributed by atoms with Gasteiger partial charge in [0.2, 0.25) is 6.29 Å². The quantitative estimate of drug-likeness (QED) is 0.556. The van der Waals surface area contributed by atoms with Crippen molar-refractivity contribution in [3.63, 3.8) is 0 Å². The van der Waals surface area contributed by atoms with Gasteiger partial charge in [-0.1, -0.05) is 12.1 Å². The first-order chi connectivity index (χ1) is 12.4. The Hall–Kier alpha value is -3.16. The molecular weight excluding hydrogens is 350 g/mol. The standard InChI is InChI=1S/C18H16F2O6/c1-3-23-18(22)25-11(2)24-17(21)13-6-4-5-7-15(13)26-16-9-8-12(19)10-14(16)20/h4-11H,3H2,1-2H3. The van der Waals surface area contributed by atoms with E-state index in [2.05, 4.69) is 4.74 Å². The fourth-order valence-corrected chi connectivity index (χ4v) is 1.93. The third-order valence-electron chi connectivity index (χ3n) is 3.02. The van der Waals surface area contributed by atoms with Gasteiger partial charge in [-0.2, -0.15) is 0 Å². The Morgan fingerprint density at radius 2 is 1.77 bits per heavy atom. The van der Waals surface area contributed by atoms with Crippen LogP contribution in [0.5, 0.6) is 11.5 Å². The lowest BCUT2D eigenvalue weighted by atomic mass is 10.2. The zero-order chi connectivity index (χ0) is 19.1. The Morgan fingerprint density at radius 3 is 2.46 bits per heavy atom. The SMILES string of the molecule is CCOC(=O)OC(C)OC(=O)c1ccccc1Oc1ccc(F)cc1F. The molecule has 0 aliphatic carbocycles. The zero-order valence-corrected chi connectivity index (χ0v) is 14.0. The van der Waals surface area contributed by atoms with E-state index < -0.39 is 30.0 Å². The lowest BCUT2D eigenvalue weighted by Gasteiger charge is -2.15. The molecule has 2 aromatic carbocycles. The molecular formula is C18H16F2O6. The Kier molecular flexibility index (Phi) is 6.48. The van der Waals surface area contributed by atoms with Crippen LogP contribution in [0.3, 0.4) is 0 Å². The van der Waals surface area contributed by atoms with E-state index in [0.717, 1.165) is 12.1 Å². The number of halogens is 2. The van der Waals surface area contributed by atoms with Crippen LogP contribution in [0.15, 0.2) is 42.5 Å². The predicted octanol–water partition coefficient (Wildman–Crippen LogP) is 4.43. The van der Waals surface area contributed by atoms with Crippen LogP contribution in [0.25, 0.3) is 0 Å². The van der Waals surface area contributed by atoms with Gasteiger partial charge in [0.05, 0.1) is 6.61 Å². The smallest absolute Gasteiger partial charge is 0.453 e. The number of para-hydroxylation sites is 1. The molecule has 0 N–H and O–H groups in total. The second-order valence-electron chi connectivity index (χ2n) is 4.95. The van der Waals surface area contributed by atoms with E-state index in [0.29, 0.717) is 6.07 Å². The first kappa shape index (κ1) is 19.2. The first-order valence-corrected chi connectivity index (χ1v) is 7.67. The molecule has 26 heavy (non-hydrogen) atoms. The summed E-state index contributed by atoms with van der Waals surface area (Å²) in [6.07, 6.45) is -2.19. The van der Waals surface area contributed by atoms with Crippen molar-refractivity contribution in [3.8, 4) is 11.5 Å². The van der Waals surface area contributed by atoms with E-state index >= 15 is 0 Å². The van der Waals surface area contributed by atoms with Crippen molar-refractivity contribution in [2.45, 2.75) is 20.1 Å². The summed E-state index contributed by atoms with van der Waals surface area (Å²) < 4.78 is 46.3. The van der Waals surface area contributed by atoms with Gasteiger partial charge in [0.15, 0.2) is 11.6 Å². The summed E-state index contributed by atoms with van der Waals surface area (Å²) in [6, 6.07) is 8.68. The Balaban J connectivity index is 2.12. The minimum absolute atomic E-state index is 0.00802. The van der Waals surface area contributed by atoms with Crippen molar-refractivity contribution < 1.29 is 37.3 Å². The molecule has 0 fully saturated rings. The first-order valence-electron chi connectivity index (χ1n) is 7.67. The monoisotopic (exact) mass is 366 g/mol. The van der Waals surface area contributed by atoms with Gasteiger partial charge in [-0.15, -0.1) is 0 Å². The third kappa shape index (κ3) is 5.17. The molecule has 0 radical (unpaired) electrons. The highest BCUT2D eigenvalue weighted by molar-refractivity contribution is 5.92. The molecule has 2 aromatic rings. The van der Waals surface area contributed by atoms with Gasteiger partial charge in [-0.3, -0.25) is 0 Å². The summed E-state index contributed by atoms with van der Waals surface area (Å²) in [7, 11) is 0. The molecule has 0 aromatic heterocycles. The van der Waals surface area contributed by atoms with Crippen molar-refractivity contribution >= 4 is 12.1 Å². The highest BCUT2D eigenvalue weighted by atomic mass is 19.1. The van der Waals surface area contributed by atoms with Crippen molar-refractivity contribution in [2.75, 3.05) is 6.61 Å². The summed E-state index contributed by atoms with van der Waals surface area (Å²) in [4.78, 5) is 23.5. The van der Waals surface area contributed by atoms with Crippen molar-refractivity contribution in [1.82, 2.24) is 0 Å². The predicted molar refractivity (Wildman–Crippen MR) is 85.9 cm³/mol.